The van der Waals surface area contributed by atoms with E-state index >= 15 is 0 Å². The van der Waals surface area contributed by atoms with Crippen LogP contribution >= 0.6 is 23.4 Å². The van der Waals surface area contributed by atoms with Crippen LogP contribution < -0.4 is 10.0 Å². The van der Waals surface area contributed by atoms with E-state index in [1.165, 1.54) is 0 Å². The SMILES string of the molecule is CCCNCc1ccc(Cl)c(S(=O)(=O)NCCSC)c1. The third-order valence-corrected chi connectivity index (χ3v) is 5.19. The molecule has 0 aliphatic rings. The Labute approximate surface area is 130 Å². The van der Waals surface area contributed by atoms with Crippen LogP contribution in [0.2, 0.25) is 5.02 Å². The summed E-state index contributed by atoms with van der Waals surface area (Å²) in [6.45, 7) is 4.02. The molecule has 0 fully saturated rings. The first kappa shape index (κ1) is 17.8. The average Bonchev–Trinajstić information content (AvgIpc) is 2.41. The number of rotatable bonds is 9. The Morgan fingerprint density at radius 2 is 2.05 bits per heavy atom. The molecule has 0 unspecified atom stereocenters. The first-order valence-corrected chi connectivity index (χ1v) is 9.74. The van der Waals surface area contributed by atoms with Gasteiger partial charge in [-0.25, -0.2) is 13.1 Å². The highest BCUT2D eigenvalue weighted by Gasteiger charge is 2.17. The van der Waals surface area contributed by atoms with Gasteiger partial charge in [0.2, 0.25) is 10.0 Å². The zero-order valence-electron chi connectivity index (χ0n) is 11.8. The molecule has 0 atom stereocenters. The van der Waals surface area contributed by atoms with Crippen LogP contribution in [0, 0.1) is 0 Å². The maximum absolute atomic E-state index is 12.2. The Morgan fingerprint density at radius 1 is 1.30 bits per heavy atom. The smallest absolute Gasteiger partial charge is 0.242 e. The van der Waals surface area contributed by atoms with Crippen LogP contribution in [0.4, 0.5) is 0 Å². The highest BCUT2D eigenvalue weighted by Crippen LogP contribution is 2.22. The molecule has 0 heterocycles. The highest BCUT2D eigenvalue weighted by atomic mass is 35.5. The molecule has 0 aliphatic heterocycles. The van der Waals surface area contributed by atoms with Crippen molar-refractivity contribution >= 4 is 33.4 Å². The van der Waals surface area contributed by atoms with Gasteiger partial charge in [-0.15, -0.1) is 0 Å². The van der Waals surface area contributed by atoms with Crippen molar-refractivity contribution in [1.82, 2.24) is 10.0 Å². The molecule has 1 aromatic carbocycles. The Bertz CT molecular complexity index is 521. The van der Waals surface area contributed by atoms with Gasteiger partial charge in [0.1, 0.15) is 4.90 Å². The fourth-order valence-corrected chi connectivity index (χ4v) is 3.64. The van der Waals surface area contributed by atoms with Crippen LogP contribution in [0.15, 0.2) is 23.1 Å². The number of benzene rings is 1. The molecule has 20 heavy (non-hydrogen) atoms. The van der Waals surface area contributed by atoms with Gasteiger partial charge in [-0.05, 0) is 36.9 Å². The molecular weight excluding hydrogens is 316 g/mol. The quantitative estimate of drug-likeness (QED) is 0.680. The number of nitrogens with one attached hydrogen (secondary N) is 2. The maximum atomic E-state index is 12.2. The van der Waals surface area contributed by atoms with E-state index in [1.54, 1.807) is 23.9 Å². The van der Waals surface area contributed by atoms with Crippen molar-refractivity contribution < 1.29 is 8.42 Å². The van der Waals surface area contributed by atoms with Crippen LogP contribution in [0.25, 0.3) is 0 Å². The van der Waals surface area contributed by atoms with Gasteiger partial charge in [0.05, 0.1) is 5.02 Å². The lowest BCUT2D eigenvalue weighted by Crippen LogP contribution is -2.26. The molecule has 7 heteroatoms. The second kappa shape index (κ2) is 8.89. The standard InChI is InChI=1S/C13H21ClN2O2S2/c1-3-6-15-10-11-4-5-12(14)13(9-11)20(17,18)16-7-8-19-2/h4-5,9,15-16H,3,6-8,10H2,1-2H3. The minimum atomic E-state index is -3.54. The molecule has 4 nitrogen and oxygen atoms in total. The molecule has 0 aliphatic carbocycles. The molecule has 0 amide bonds. The molecule has 0 bridgehead atoms. The number of hydrogen-bond donors (Lipinski definition) is 2. The van der Waals surface area contributed by atoms with Gasteiger partial charge < -0.3 is 5.32 Å². The topological polar surface area (TPSA) is 58.2 Å². The van der Waals surface area contributed by atoms with Crippen LogP contribution in [-0.2, 0) is 16.6 Å². The normalized spacial score (nSPS) is 11.8. The van der Waals surface area contributed by atoms with Crippen molar-refractivity contribution in [2.75, 3.05) is 25.1 Å². The van der Waals surface area contributed by atoms with Crippen molar-refractivity contribution in [3.05, 3.63) is 28.8 Å². The van der Waals surface area contributed by atoms with Crippen molar-refractivity contribution in [3.8, 4) is 0 Å². The van der Waals surface area contributed by atoms with Crippen LogP contribution in [0.5, 0.6) is 0 Å². The lowest BCUT2D eigenvalue weighted by Gasteiger charge is -2.10. The Morgan fingerprint density at radius 3 is 2.70 bits per heavy atom. The largest absolute Gasteiger partial charge is 0.313 e. The summed E-state index contributed by atoms with van der Waals surface area (Å²) < 4.78 is 26.9. The van der Waals surface area contributed by atoms with E-state index in [4.69, 9.17) is 11.6 Å². The second-order valence-corrected chi connectivity index (χ2v) is 7.46. The molecule has 0 aromatic heterocycles. The molecular formula is C13H21ClN2O2S2. The number of sulfonamides is 1. The lowest BCUT2D eigenvalue weighted by molar-refractivity contribution is 0.584. The predicted octanol–water partition coefficient (Wildman–Crippen LogP) is 2.48. The molecule has 114 valence electrons. The third-order valence-electron chi connectivity index (χ3n) is 2.64. The Balaban J connectivity index is 2.84. The Kier molecular flexibility index (Phi) is 7.91. The monoisotopic (exact) mass is 336 g/mol. The van der Waals surface area contributed by atoms with Crippen LogP contribution in [0.3, 0.4) is 0 Å². The van der Waals surface area contributed by atoms with Gasteiger partial charge in [-0.2, -0.15) is 11.8 Å². The van der Waals surface area contributed by atoms with E-state index in [1.807, 2.05) is 12.3 Å². The van der Waals surface area contributed by atoms with E-state index in [0.29, 0.717) is 13.1 Å². The van der Waals surface area contributed by atoms with Gasteiger partial charge in [0.15, 0.2) is 0 Å². The van der Waals surface area contributed by atoms with Gasteiger partial charge in [-0.3, -0.25) is 0 Å². The zero-order valence-corrected chi connectivity index (χ0v) is 14.2. The molecule has 1 rings (SSSR count). The zero-order chi connectivity index (χ0) is 15.0. The molecule has 0 radical (unpaired) electrons. The van der Waals surface area contributed by atoms with Gasteiger partial charge in [0.25, 0.3) is 0 Å². The van der Waals surface area contributed by atoms with Gasteiger partial charge >= 0.3 is 0 Å². The second-order valence-electron chi connectivity index (χ2n) is 4.33. The van der Waals surface area contributed by atoms with E-state index in [9.17, 15) is 8.42 Å². The van der Waals surface area contributed by atoms with Gasteiger partial charge in [-0.1, -0.05) is 24.6 Å². The van der Waals surface area contributed by atoms with E-state index in [2.05, 4.69) is 17.0 Å². The molecule has 2 N–H and O–H groups in total. The lowest BCUT2D eigenvalue weighted by atomic mass is 10.2. The number of hydrogen-bond acceptors (Lipinski definition) is 4. The highest BCUT2D eigenvalue weighted by molar-refractivity contribution is 7.98. The summed E-state index contributed by atoms with van der Waals surface area (Å²) in [5, 5.41) is 3.49. The fourth-order valence-electron chi connectivity index (χ4n) is 1.63. The van der Waals surface area contributed by atoms with Crippen molar-refractivity contribution in [2.45, 2.75) is 24.8 Å². The van der Waals surface area contributed by atoms with Crippen LogP contribution in [-0.4, -0.2) is 33.5 Å². The van der Waals surface area contributed by atoms with E-state index < -0.39 is 10.0 Å². The summed E-state index contributed by atoms with van der Waals surface area (Å²) in [5.41, 5.74) is 0.910. The third kappa shape index (κ3) is 5.61. The summed E-state index contributed by atoms with van der Waals surface area (Å²) >= 11 is 7.60. The molecule has 0 saturated heterocycles. The first-order chi connectivity index (χ1) is 9.51. The summed E-state index contributed by atoms with van der Waals surface area (Å²) in [4.78, 5) is 0.149. The molecule has 1 aromatic rings. The first-order valence-electron chi connectivity index (χ1n) is 6.49. The minimum absolute atomic E-state index is 0.149. The fraction of sp³-hybridized carbons (Fsp3) is 0.538. The van der Waals surface area contributed by atoms with Gasteiger partial charge in [0, 0.05) is 18.8 Å². The summed E-state index contributed by atoms with van der Waals surface area (Å²) in [6, 6.07) is 5.10. The summed E-state index contributed by atoms with van der Waals surface area (Å²) in [7, 11) is -3.54. The number of thioether (sulfide) groups is 1. The van der Waals surface area contributed by atoms with E-state index in [-0.39, 0.29) is 9.92 Å². The maximum Gasteiger partial charge on any atom is 0.242 e. The summed E-state index contributed by atoms with van der Waals surface area (Å²) in [6.07, 6.45) is 2.97. The average molecular weight is 337 g/mol. The summed E-state index contributed by atoms with van der Waals surface area (Å²) in [5.74, 6) is 0.731. The van der Waals surface area contributed by atoms with Crippen molar-refractivity contribution in [3.63, 3.8) is 0 Å². The predicted molar refractivity (Wildman–Crippen MR) is 87.0 cm³/mol. The number of halogens is 1. The van der Waals surface area contributed by atoms with Crippen LogP contribution in [0.1, 0.15) is 18.9 Å². The molecule has 0 saturated carbocycles. The Hall–Kier alpha value is -0.270. The molecule has 0 spiro atoms. The van der Waals surface area contributed by atoms with Crippen molar-refractivity contribution in [2.24, 2.45) is 0 Å². The van der Waals surface area contributed by atoms with E-state index in [0.717, 1.165) is 24.3 Å². The minimum Gasteiger partial charge on any atom is -0.313 e. The van der Waals surface area contributed by atoms with Crippen molar-refractivity contribution in [1.29, 1.82) is 0 Å².